The summed E-state index contributed by atoms with van der Waals surface area (Å²) < 4.78 is 5.45. The van der Waals surface area contributed by atoms with Gasteiger partial charge in [0.15, 0.2) is 0 Å². The van der Waals surface area contributed by atoms with Crippen LogP contribution in [0.4, 0.5) is 5.00 Å². The van der Waals surface area contributed by atoms with Gasteiger partial charge in [-0.15, -0.1) is 11.3 Å². The lowest BCUT2D eigenvalue weighted by atomic mass is 10.1. The number of nitrogens with one attached hydrogen (secondary N) is 1. The fourth-order valence-corrected chi connectivity index (χ4v) is 4.51. The van der Waals surface area contributed by atoms with Crippen LogP contribution in [-0.4, -0.2) is 18.0 Å². The normalized spacial score (nSPS) is 14.1. The first-order chi connectivity index (χ1) is 12.0. The predicted octanol–water partition coefficient (Wildman–Crippen LogP) is 5.49. The number of aryl methyl sites for hydroxylation is 1. The number of ether oxygens (including phenoxy) is 1. The van der Waals surface area contributed by atoms with Crippen molar-refractivity contribution >= 4 is 28.2 Å². The van der Waals surface area contributed by atoms with Crippen molar-refractivity contribution in [2.24, 2.45) is 0 Å². The van der Waals surface area contributed by atoms with Gasteiger partial charge in [0, 0.05) is 11.3 Å². The molecule has 25 heavy (non-hydrogen) atoms. The van der Waals surface area contributed by atoms with Crippen LogP contribution in [0.5, 0.6) is 0 Å². The van der Waals surface area contributed by atoms with Crippen LogP contribution in [0.25, 0.3) is 0 Å². The number of amides is 1. The molecule has 0 radical (unpaired) electrons. The van der Waals surface area contributed by atoms with Gasteiger partial charge in [-0.3, -0.25) is 4.79 Å². The van der Waals surface area contributed by atoms with Gasteiger partial charge in [-0.05, 0) is 51.5 Å². The predicted molar refractivity (Wildman–Crippen MR) is 104 cm³/mol. The highest BCUT2D eigenvalue weighted by atomic mass is 32.1. The van der Waals surface area contributed by atoms with Gasteiger partial charge in [0.25, 0.3) is 0 Å². The van der Waals surface area contributed by atoms with E-state index in [4.69, 9.17) is 4.74 Å². The highest BCUT2D eigenvalue weighted by molar-refractivity contribution is 7.17. The van der Waals surface area contributed by atoms with E-state index in [1.807, 2.05) is 13.8 Å². The van der Waals surface area contributed by atoms with E-state index in [9.17, 15) is 9.59 Å². The smallest absolute Gasteiger partial charge is 0.341 e. The first kappa shape index (κ1) is 20.0. The van der Waals surface area contributed by atoms with Crippen LogP contribution in [0.2, 0.25) is 0 Å². The number of hydrogen-bond donors (Lipinski definition) is 1. The summed E-state index contributed by atoms with van der Waals surface area (Å²) in [5, 5.41) is 3.69. The van der Waals surface area contributed by atoms with E-state index in [1.165, 1.54) is 11.3 Å². The molecule has 2 rings (SSSR count). The van der Waals surface area contributed by atoms with Crippen LogP contribution in [0.15, 0.2) is 0 Å². The monoisotopic (exact) mass is 365 g/mol. The maximum Gasteiger partial charge on any atom is 0.341 e. The molecule has 0 spiro atoms. The second-order valence-electron chi connectivity index (χ2n) is 7.08. The van der Waals surface area contributed by atoms with Crippen LogP contribution in [0.1, 0.15) is 92.9 Å². The Morgan fingerprint density at radius 2 is 1.88 bits per heavy atom. The van der Waals surface area contributed by atoms with E-state index in [2.05, 4.69) is 12.2 Å². The molecule has 4 nitrogen and oxygen atoms in total. The number of thiophene rings is 1. The summed E-state index contributed by atoms with van der Waals surface area (Å²) in [5.74, 6) is -0.290. The van der Waals surface area contributed by atoms with Crippen molar-refractivity contribution in [3.05, 3.63) is 16.0 Å². The fourth-order valence-electron chi connectivity index (χ4n) is 3.22. The second kappa shape index (κ2) is 9.95. The molecule has 5 heteroatoms. The molecule has 1 aliphatic carbocycles. The Kier molecular flexibility index (Phi) is 7.94. The Balaban J connectivity index is 2.15. The highest BCUT2D eigenvalue weighted by Gasteiger charge is 2.27. The van der Waals surface area contributed by atoms with Gasteiger partial charge >= 0.3 is 5.97 Å². The third-order valence-corrected chi connectivity index (χ3v) is 5.69. The van der Waals surface area contributed by atoms with E-state index in [-0.39, 0.29) is 18.0 Å². The Hall–Kier alpha value is -1.36. The van der Waals surface area contributed by atoms with Crippen LogP contribution in [-0.2, 0) is 22.4 Å². The van der Waals surface area contributed by atoms with Crippen LogP contribution < -0.4 is 5.32 Å². The minimum Gasteiger partial charge on any atom is -0.459 e. The minimum absolute atomic E-state index is 0.00566. The molecular weight excluding hydrogens is 334 g/mol. The topological polar surface area (TPSA) is 55.4 Å². The largest absolute Gasteiger partial charge is 0.459 e. The van der Waals surface area contributed by atoms with Crippen molar-refractivity contribution in [3.63, 3.8) is 0 Å². The summed E-state index contributed by atoms with van der Waals surface area (Å²) in [7, 11) is 0. The summed E-state index contributed by atoms with van der Waals surface area (Å²) >= 11 is 1.57. The number of carbonyl (C=O) groups is 2. The molecule has 1 aromatic rings. The lowest BCUT2D eigenvalue weighted by Gasteiger charge is -2.11. The first-order valence-corrected chi connectivity index (χ1v) is 10.5. The molecule has 1 aromatic heterocycles. The lowest BCUT2D eigenvalue weighted by Crippen LogP contribution is -2.17. The Morgan fingerprint density at radius 3 is 2.60 bits per heavy atom. The van der Waals surface area contributed by atoms with E-state index in [0.29, 0.717) is 17.0 Å². The molecule has 0 bridgehead atoms. The zero-order chi connectivity index (χ0) is 18.2. The van der Waals surface area contributed by atoms with Gasteiger partial charge in [0.05, 0.1) is 11.7 Å². The SMILES string of the molecule is CCCCCCC(=O)Nc1sc2c(c1C(=O)OC(C)C)CCCCC2. The number of carbonyl (C=O) groups excluding carboxylic acids is 2. The molecule has 0 aromatic carbocycles. The quantitative estimate of drug-likeness (QED) is 0.376. The number of rotatable bonds is 8. The molecular formula is C20H31NO3S. The van der Waals surface area contributed by atoms with Crippen LogP contribution in [0, 0.1) is 0 Å². The lowest BCUT2D eigenvalue weighted by molar-refractivity contribution is -0.116. The zero-order valence-corrected chi connectivity index (χ0v) is 16.6. The van der Waals surface area contributed by atoms with E-state index >= 15 is 0 Å². The van der Waals surface area contributed by atoms with E-state index in [0.717, 1.165) is 56.9 Å². The molecule has 0 saturated heterocycles. The van der Waals surface area contributed by atoms with Crippen molar-refractivity contribution in [1.29, 1.82) is 0 Å². The molecule has 0 unspecified atom stereocenters. The summed E-state index contributed by atoms with van der Waals surface area (Å²) in [5.41, 5.74) is 1.71. The average molecular weight is 366 g/mol. The maximum absolute atomic E-state index is 12.6. The van der Waals surface area contributed by atoms with E-state index < -0.39 is 0 Å². The zero-order valence-electron chi connectivity index (χ0n) is 15.8. The molecule has 1 aliphatic rings. The van der Waals surface area contributed by atoms with Gasteiger partial charge in [-0.25, -0.2) is 4.79 Å². The van der Waals surface area contributed by atoms with Gasteiger partial charge in [0.2, 0.25) is 5.91 Å². The van der Waals surface area contributed by atoms with Crippen molar-refractivity contribution in [3.8, 4) is 0 Å². The van der Waals surface area contributed by atoms with Crippen LogP contribution in [0.3, 0.4) is 0 Å². The molecule has 140 valence electrons. The molecule has 1 N–H and O–H groups in total. The Morgan fingerprint density at radius 1 is 1.12 bits per heavy atom. The maximum atomic E-state index is 12.6. The van der Waals surface area contributed by atoms with E-state index in [1.54, 1.807) is 11.3 Å². The summed E-state index contributed by atoms with van der Waals surface area (Å²) in [6, 6.07) is 0. The number of hydrogen-bond acceptors (Lipinski definition) is 4. The second-order valence-corrected chi connectivity index (χ2v) is 8.19. The average Bonchev–Trinajstić information content (AvgIpc) is 2.72. The van der Waals surface area contributed by atoms with Gasteiger partial charge in [-0.1, -0.05) is 32.6 Å². The third kappa shape index (κ3) is 5.84. The molecule has 1 heterocycles. The Labute approximate surface area is 155 Å². The summed E-state index contributed by atoms with van der Waals surface area (Å²) in [6.45, 7) is 5.87. The molecule has 0 atom stereocenters. The van der Waals surface area contributed by atoms with Crippen molar-refractivity contribution in [2.75, 3.05) is 5.32 Å². The molecule has 0 saturated carbocycles. The van der Waals surface area contributed by atoms with Crippen molar-refractivity contribution < 1.29 is 14.3 Å². The van der Waals surface area contributed by atoms with Crippen molar-refractivity contribution in [1.82, 2.24) is 0 Å². The summed E-state index contributed by atoms with van der Waals surface area (Å²) in [6.07, 6.45) is 9.98. The number of esters is 1. The molecule has 0 fully saturated rings. The van der Waals surface area contributed by atoms with Crippen LogP contribution >= 0.6 is 11.3 Å². The van der Waals surface area contributed by atoms with Crippen molar-refractivity contribution in [2.45, 2.75) is 91.1 Å². The molecule has 1 amide bonds. The number of fused-ring (bicyclic) bond motifs is 1. The highest BCUT2D eigenvalue weighted by Crippen LogP contribution is 2.38. The fraction of sp³-hybridized carbons (Fsp3) is 0.700. The number of anilines is 1. The standard InChI is InChI=1S/C20H31NO3S/c1-4-5-6-10-13-17(22)21-19-18(20(23)24-14(2)3)15-11-8-7-9-12-16(15)25-19/h14H,4-13H2,1-3H3,(H,21,22). The van der Waals surface area contributed by atoms with Gasteiger partial charge < -0.3 is 10.1 Å². The minimum atomic E-state index is -0.296. The Bertz CT molecular complexity index is 592. The third-order valence-electron chi connectivity index (χ3n) is 4.48. The first-order valence-electron chi connectivity index (χ1n) is 9.68. The van der Waals surface area contributed by atoms with Gasteiger partial charge in [-0.2, -0.15) is 0 Å². The molecule has 0 aliphatic heterocycles. The number of unbranched alkanes of at least 4 members (excludes halogenated alkanes) is 3. The summed E-state index contributed by atoms with van der Waals surface area (Å²) in [4.78, 5) is 26.2. The van der Waals surface area contributed by atoms with Gasteiger partial charge in [0.1, 0.15) is 5.00 Å².